The minimum absolute atomic E-state index is 0.0615. The maximum Gasteiger partial charge on any atom is 0.272 e. The molecule has 7 heteroatoms. The normalized spacial score (nSPS) is 12.0. The molecule has 178 valence electrons. The third kappa shape index (κ3) is 9.30. The molecule has 0 fully saturated rings. The summed E-state index contributed by atoms with van der Waals surface area (Å²) in [6.07, 6.45) is 9.12. The van der Waals surface area contributed by atoms with Crippen LogP contribution in [0.4, 0.5) is 0 Å². The van der Waals surface area contributed by atoms with Crippen LogP contribution in [0.5, 0.6) is 11.5 Å². The van der Waals surface area contributed by atoms with Crippen molar-refractivity contribution >= 4 is 5.91 Å². The van der Waals surface area contributed by atoms with E-state index < -0.39 is 0 Å². The lowest BCUT2D eigenvalue weighted by Gasteiger charge is -2.26. The molecular weight excluding hydrogens is 404 g/mol. The van der Waals surface area contributed by atoms with Gasteiger partial charge in [0.2, 0.25) is 0 Å². The molecule has 2 aromatic rings. The molecule has 0 aliphatic carbocycles. The maximum atomic E-state index is 12.7. The van der Waals surface area contributed by atoms with E-state index in [-0.39, 0.29) is 18.7 Å². The molecule has 1 unspecified atom stereocenters. The number of methoxy groups -OCH3 is 1. The molecule has 32 heavy (non-hydrogen) atoms. The van der Waals surface area contributed by atoms with Crippen molar-refractivity contribution in [1.82, 2.24) is 20.0 Å². The standard InChI is InChI=1S/C25H40N4O3/c1-5-7-9-16-28(17-10-8-6-2)19-21(3)26-25(30)24-15-18-29(27-24)20-32-23-13-11-22(31-4)12-14-23/h11-15,18,21H,5-10,16-17,19-20H2,1-4H3,(H,26,30). The Morgan fingerprint density at radius 3 is 2.25 bits per heavy atom. The second-order valence-electron chi connectivity index (χ2n) is 8.28. The molecule has 0 saturated carbocycles. The zero-order valence-electron chi connectivity index (χ0n) is 20.2. The number of ether oxygens (including phenoxy) is 2. The van der Waals surface area contributed by atoms with Crippen LogP contribution < -0.4 is 14.8 Å². The highest BCUT2D eigenvalue weighted by Crippen LogP contribution is 2.17. The van der Waals surface area contributed by atoms with E-state index >= 15 is 0 Å². The Kier molecular flexibility index (Phi) is 11.7. The molecule has 7 nitrogen and oxygen atoms in total. The van der Waals surface area contributed by atoms with Crippen molar-refractivity contribution in [3.8, 4) is 11.5 Å². The molecule has 1 atom stereocenters. The Morgan fingerprint density at radius 2 is 1.66 bits per heavy atom. The molecule has 1 aromatic heterocycles. The van der Waals surface area contributed by atoms with Gasteiger partial charge in [0.25, 0.3) is 5.91 Å². The second-order valence-corrected chi connectivity index (χ2v) is 8.28. The van der Waals surface area contributed by atoms with Gasteiger partial charge in [0.1, 0.15) is 17.2 Å². The molecule has 0 radical (unpaired) electrons. The molecule has 0 aliphatic heterocycles. The van der Waals surface area contributed by atoms with Crippen LogP contribution in [0.2, 0.25) is 0 Å². The third-order valence-electron chi connectivity index (χ3n) is 5.36. The van der Waals surface area contributed by atoms with Gasteiger partial charge >= 0.3 is 0 Å². The van der Waals surface area contributed by atoms with E-state index in [1.54, 1.807) is 24.1 Å². The van der Waals surface area contributed by atoms with Crippen LogP contribution in [0.1, 0.15) is 69.8 Å². The van der Waals surface area contributed by atoms with E-state index in [9.17, 15) is 4.79 Å². The van der Waals surface area contributed by atoms with Crippen molar-refractivity contribution in [2.45, 2.75) is 72.1 Å². The maximum absolute atomic E-state index is 12.7. The number of carbonyl (C=O) groups is 1. The van der Waals surface area contributed by atoms with Gasteiger partial charge in [-0.2, -0.15) is 5.10 Å². The smallest absolute Gasteiger partial charge is 0.272 e. The Morgan fingerprint density at radius 1 is 1.03 bits per heavy atom. The first-order valence-electron chi connectivity index (χ1n) is 11.9. The fourth-order valence-electron chi connectivity index (χ4n) is 3.56. The first-order valence-corrected chi connectivity index (χ1v) is 11.9. The summed E-state index contributed by atoms with van der Waals surface area (Å²) in [6, 6.07) is 9.14. The van der Waals surface area contributed by atoms with Crippen molar-refractivity contribution in [1.29, 1.82) is 0 Å². The third-order valence-corrected chi connectivity index (χ3v) is 5.36. The van der Waals surface area contributed by atoms with Gasteiger partial charge in [-0.25, -0.2) is 4.68 Å². The van der Waals surface area contributed by atoms with Crippen LogP contribution in [-0.2, 0) is 6.73 Å². The predicted molar refractivity (Wildman–Crippen MR) is 128 cm³/mol. The largest absolute Gasteiger partial charge is 0.497 e. The quantitative estimate of drug-likeness (QED) is 0.379. The van der Waals surface area contributed by atoms with Crippen molar-refractivity contribution < 1.29 is 14.3 Å². The number of benzene rings is 1. The van der Waals surface area contributed by atoms with Gasteiger partial charge in [-0.05, 0) is 63.2 Å². The number of aromatic nitrogens is 2. The van der Waals surface area contributed by atoms with Gasteiger partial charge in [-0.1, -0.05) is 39.5 Å². The van der Waals surface area contributed by atoms with Crippen LogP contribution in [0, 0.1) is 0 Å². The average Bonchev–Trinajstić information content (AvgIpc) is 3.27. The van der Waals surface area contributed by atoms with E-state index in [1.165, 1.54) is 38.5 Å². The second kappa shape index (κ2) is 14.5. The number of hydrogen-bond donors (Lipinski definition) is 1. The van der Waals surface area contributed by atoms with Gasteiger partial charge < -0.3 is 19.7 Å². The monoisotopic (exact) mass is 444 g/mol. The van der Waals surface area contributed by atoms with Crippen LogP contribution in [0.15, 0.2) is 36.5 Å². The molecule has 1 amide bonds. The first kappa shape index (κ1) is 25.7. The summed E-state index contributed by atoms with van der Waals surface area (Å²) in [5.41, 5.74) is 0.402. The summed E-state index contributed by atoms with van der Waals surface area (Å²) in [4.78, 5) is 15.1. The van der Waals surface area contributed by atoms with E-state index in [1.807, 2.05) is 24.3 Å². The fourth-order valence-corrected chi connectivity index (χ4v) is 3.56. The minimum Gasteiger partial charge on any atom is -0.497 e. The Balaban J connectivity index is 1.81. The van der Waals surface area contributed by atoms with E-state index in [2.05, 4.69) is 36.1 Å². The van der Waals surface area contributed by atoms with Crippen molar-refractivity contribution in [3.63, 3.8) is 0 Å². The topological polar surface area (TPSA) is 68.6 Å². The number of nitrogens with zero attached hydrogens (tertiary/aromatic N) is 3. The molecular formula is C25H40N4O3. The van der Waals surface area contributed by atoms with Crippen LogP contribution in [0.3, 0.4) is 0 Å². The van der Waals surface area contributed by atoms with Gasteiger partial charge in [0.15, 0.2) is 6.73 Å². The summed E-state index contributed by atoms with van der Waals surface area (Å²) in [5.74, 6) is 1.34. The number of hydrogen-bond acceptors (Lipinski definition) is 5. The predicted octanol–water partition coefficient (Wildman–Crippen LogP) is 4.73. The lowest BCUT2D eigenvalue weighted by Crippen LogP contribution is -2.42. The molecule has 2 rings (SSSR count). The van der Waals surface area contributed by atoms with E-state index in [4.69, 9.17) is 9.47 Å². The van der Waals surface area contributed by atoms with E-state index in [0.717, 1.165) is 25.4 Å². The molecule has 0 aliphatic rings. The summed E-state index contributed by atoms with van der Waals surface area (Å²) in [6.45, 7) is 9.80. The Hall–Kier alpha value is -2.54. The Bertz CT molecular complexity index is 766. The summed E-state index contributed by atoms with van der Waals surface area (Å²) in [7, 11) is 1.63. The summed E-state index contributed by atoms with van der Waals surface area (Å²) < 4.78 is 12.5. The number of nitrogens with one attached hydrogen (secondary N) is 1. The van der Waals surface area contributed by atoms with Gasteiger partial charge in [0, 0.05) is 18.8 Å². The summed E-state index contributed by atoms with van der Waals surface area (Å²) >= 11 is 0. The van der Waals surface area contributed by atoms with Gasteiger partial charge in [-0.3, -0.25) is 4.79 Å². The molecule has 0 saturated heterocycles. The van der Waals surface area contributed by atoms with Gasteiger partial charge in [0.05, 0.1) is 7.11 Å². The fraction of sp³-hybridized carbons (Fsp3) is 0.600. The lowest BCUT2D eigenvalue weighted by molar-refractivity contribution is 0.0921. The first-order chi connectivity index (χ1) is 15.5. The molecule has 0 bridgehead atoms. The van der Waals surface area contributed by atoms with Crippen molar-refractivity contribution in [3.05, 3.63) is 42.2 Å². The van der Waals surface area contributed by atoms with Crippen LogP contribution in [-0.4, -0.2) is 53.4 Å². The lowest BCUT2D eigenvalue weighted by atomic mass is 10.2. The number of carbonyl (C=O) groups excluding carboxylic acids is 1. The van der Waals surface area contributed by atoms with Crippen molar-refractivity contribution in [2.24, 2.45) is 0 Å². The van der Waals surface area contributed by atoms with Crippen LogP contribution >= 0.6 is 0 Å². The zero-order valence-corrected chi connectivity index (χ0v) is 20.2. The molecule has 1 aromatic carbocycles. The number of amides is 1. The zero-order chi connectivity index (χ0) is 23.2. The highest BCUT2D eigenvalue weighted by atomic mass is 16.5. The van der Waals surface area contributed by atoms with Crippen LogP contribution in [0.25, 0.3) is 0 Å². The summed E-state index contributed by atoms with van der Waals surface area (Å²) in [5, 5.41) is 7.45. The highest BCUT2D eigenvalue weighted by Gasteiger charge is 2.15. The average molecular weight is 445 g/mol. The van der Waals surface area contributed by atoms with E-state index in [0.29, 0.717) is 11.4 Å². The van der Waals surface area contributed by atoms with Gasteiger partial charge in [-0.15, -0.1) is 0 Å². The molecule has 0 spiro atoms. The minimum atomic E-state index is -0.150. The Labute approximate surface area is 193 Å². The molecule has 1 N–H and O–H groups in total. The van der Waals surface area contributed by atoms with Crippen molar-refractivity contribution in [2.75, 3.05) is 26.7 Å². The number of rotatable bonds is 16. The highest BCUT2D eigenvalue weighted by molar-refractivity contribution is 5.92. The SMILES string of the molecule is CCCCCN(CCCCC)CC(C)NC(=O)c1ccn(COc2ccc(OC)cc2)n1. The number of unbranched alkanes of at least 4 members (excludes halogenated alkanes) is 4. The molecule has 1 heterocycles.